The molecule has 0 spiro atoms. The van der Waals surface area contributed by atoms with Gasteiger partial charge in [0.15, 0.2) is 0 Å². The Kier molecular flexibility index (Phi) is 2.34. The highest BCUT2D eigenvalue weighted by Gasteiger charge is 2.07. The molecular weight excluding hydrogens is 202 g/mol. The summed E-state index contributed by atoms with van der Waals surface area (Å²) >= 11 is 7.69. The molecule has 0 saturated heterocycles. The predicted octanol–water partition coefficient (Wildman–Crippen LogP) is 3.77. The van der Waals surface area contributed by atoms with Gasteiger partial charge >= 0.3 is 0 Å². The molecule has 0 fully saturated rings. The van der Waals surface area contributed by atoms with E-state index in [2.05, 4.69) is 4.98 Å². The van der Waals surface area contributed by atoms with Crippen molar-refractivity contribution in [3.8, 4) is 10.4 Å². The van der Waals surface area contributed by atoms with Crippen LogP contribution in [0.25, 0.3) is 10.4 Å². The third-order valence-corrected chi connectivity index (χ3v) is 3.16. The fraction of sp³-hybridized carbons (Fsp3) is 0.100. The average Bonchev–Trinajstić information content (AvgIpc) is 2.52. The highest BCUT2D eigenvalue weighted by molar-refractivity contribution is 7.13. The molecule has 0 N–H and O–H groups in total. The fourth-order valence-electron chi connectivity index (χ4n) is 1.21. The Morgan fingerprint density at radius 3 is 2.69 bits per heavy atom. The molecule has 0 unspecified atom stereocenters. The van der Waals surface area contributed by atoms with Crippen LogP contribution in [-0.4, -0.2) is 4.98 Å². The van der Waals surface area contributed by atoms with Crippen LogP contribution in [0.2, 0.25) is 5.02 Å². The fourth-order valence-corrected chi connectivity index (χ4v) is 2.34. The van der Waals surface area contributed by atoms with E-state index in [0.29, 0.717) is 0 Å². The molecule has 1 nitrogen and oxygen atoms in total. The van der Waals surface area contributed by atoms with Crippen LogP contribution in [-0.2, 0) is 0 Å². The normalized spacial score (nSPS) is 10.3. The first-order valence-corrected chi connectivity index (χ1v) is 5.20. The van der Waals surface area contributed by atoms with E-state index in [1.54, 1.807) is 11.3 Å². The number of nitrogens with zero attached hydrogens (tertiary/aromatic N) is 1. The number of thiazole rings is 1. The summed E-state index contributed by atoms with van der Waals surface area (Å²) < 4.78 is 0. The van der Waals surface area contributed by atoms with E-state index in [0.717, 1.165) is 21.2 Å². The third-order valence-electron chi connectivity index (χ3n) is 1.86. The Bertz CT molecular complexity index is 422. The molecule has 0 amide bonds. The maximum Gasteiger partial charge on any atom is 0.0801 e. The van der Waals surface area contributed by atoms with Crippen LogP contribution in [0, 0.1) is 6.92 Å². The Morgan fingerprint density at radius 2 is 2.08 bits per heavy atom. The van der Waals surface area contributed by atoms with E-state index >= 15 is 0 Å². The van der Waals surface area contributed by atoms with Gasteiger partial charge in [0, 0.05) is 10.6 Å². The van der Waals surface area contributed by atoms with E-state index in [1.165, 1.54) is 0 Å². The summed E-state index contributed by atoms with van der Waals surface area (Å²) in [7, 11) is 0. The Balaban J connectivity index is 2.59. The largest absolute Gasteiger partial charge is 0.249 e. The molecule has 1 aromatic carbocycles. The zero-order valence-electron chi connectivity index (χ0n) is 7.12. The van der Waals surface area contributed by atoms with E-state index in [1.807, 2.05) is 36.7 Å². The molecule has 0 saturated carbocycles. The molecule has 0 radical (unpaired) electrons. The smallest absolute Gasteiger partial charge is 0.0801 e. The number of aryl methyl sites for hydroxylation is 1. The molecule has 1 aromatic heterocycles. The van der Waals surface area contributed by atoms with Crippen molar-refractivity contribution in [3.63, 3.8) is 0 Å². The minimum Gasteiger partial charge on any atom is -0.249 e. The SMILES string of the molecule is Cc1ncsc1-c1ccccc1Cl. The molecule has 1 heterocycles. The van der Waals surface area contributed by atoms with Crippen molar-refractivity contribution >= 4 is 22.9 Å². The topological polar surface area (TPSA) is 12.9 Å². The molecule has 0 bridgehead atoms. The maximum absolute atomic E-state index is 6.07. The van der Waals surface area contributed by atoms with Crippen LogP contribution in [0.5, 0.6) is 0 Å². The molecule has 0 aliphatic heterocycles. The molecule has 3 heteroatoms. The molecule has 0 aliphatic rings. The Labute approximate surface area is 86.0 Å². The van der Waals surface area contributed by atoms with Crippen molar-refractivity contribution in [1.82, 2.24) is 4.98 Å². The van der Waals surface area contributed by atoms with Gasteiger partial charge in [0.1, 0.15) is 0 Å². The van der Waals surface area contributed by atoms with E-state index < -0.39 is 0 Å². The van der Waals surface area contributed by atoms with Gasteiger partial charge in [-0.1, -0.05) is 29.8 Å². The number of aromatic nitrogens is 1. The third kappa shape index (κ3) is 1.60. The lowest BCUT2D eigenvalue weighted by Gasteiger charge is -2.00. The Morgan fingerprint density at radius 1 is 1.31 bits per heavy atom. The van der Waals surface area contributed by atoms with Gasteiger partial charge in [-0.25, -0.2) is 4.98 Å². The maximum atomic E-state index is 6.07. The van der Waals surface area contributed by atoms with Crippen molar-refractivity contribution in [3.05, 3.63) is 40.5 Å². The summed E-state index contributed by atoms with van der Waals surface area (Å²) in [5.41, 5.74) is 3.95. The zero-order valence-corrected chi connectivity index (χ0v) is 8.69. The van der Waals surface area contributed by atoms with Crippen molar-refractivity contribution < 1.29 is 0 Å². The second kappa shape index (κ2) is 3.48. The predicted molar refractivity (Wildman–Crippen MR) is 57.3 cm³/mol. The highest BCUT2D eigenvalue weighted by atomic mass is 35.5. The lowest BCUT2D eigenvalue weighted by molar-refractivity contribution is 1.27. The first kappa shape index (κ1) is 8.73. The minimum absolute atomic E-state index is 0.787. The summed E-state index contributed by atoms with van der Waals surface area (Å²) in [4.78, 5) is 5.35. The highest BCUT2D eigenvalue weighted by Crippen LogP contribution is 2.32. The van der Waals surface area contributed by atoms with Gasteiger partial charge in [-0.2, -0.15) is 0 Å². The number of benzene rings is 1. The number of rotatable bonds is 1. The summed E-state index contributed by atoms with van der Waals surface area (Å²) in [6, 6.07) is 7.83. The first-order chi connectivity index (χ1) is 6.29. The van der Waals surface area contributed by atoms with Crippen LogP contribution in [0.3, 0.4) is 0 Å². The first-order valence-electron chi connectivity index (χ1n) is 3.94. The van der Waals surface area contributed by atoms with Crippen LogP contribution in [0.1, 0.15) is 5.69 Å². The standard InChI is InChI=1S/C10H8ClNS/c1-7-10(13-6-12-7)8-4-2-3-5-9(8)11/h2-6H,1H3. The van der Waals surface area contributed by atoms with Gasteiger partial charge in [0.2, 0.25) is 0 Å². The quantitative estimate of drug-likeness (QED) is 0.697. The van der Waals surface area contributed by atoms with Gasteiger partial charge in [-0.3, -0.25) is 0 Å². The second-order valence-electron chi connectivity index (χ2n) is 2.75. The van der Waals surface area contributed by atoms with Gasteiger partial charge in [0.05, 0.1) is 16.1 Å². The number of hydrogen-bond acceptors (Lipinski definition) is 2. The van der Waals surface area contributed by atoms with Crippen molar-refractivity contribution in [2.45, 2.75) is 6.92 Å². The van der Waals surface area contributed by atoms with E-state index in [4.69, 9.17) is 11.6 Å². The molecule has 2 rings (SSSR count). The van der Waals surface area contributed by atoms with E-state index in [9.17, 15) is 0 Å². The lowest BCUT2D eigenvalue weighted by Crippen LogP contribution is -1.78. The van der Waals surface area contributed by atoms with Gasteiger partial charge < -0.3 is 0 Å². The zero-order chi connectivity index (χ0) is 9.26. The van der Waals surface area contributed by atoms with Gasteiger partial charge in [-0.15, -0.1) is 11.3 Å². The molecular formula is C10H8ClNS. The number of halogens is 1. The lowest BCUT2D eigenvalue weighted by atomic mass is 10.2. The van der Waals surface area contributed by atoms with Crippen molar-refractivity contribution in [2.24, 2.45) is 0 Å². The van der Waals surface area contributed by atoms with Crippen LogP contribution in [0.4, 0.5) is 0 Å². The van der Waals surface area contributed by atoms with Gasteiger partial charge in [0.25, 0.3) is 0 Å². The van der Waals surface area contributed by atoms with E-state index in [-0.39, 0.29) is 0 Å². The second-order valence-corrected chi connectivity index (χ2v) is 4.01. The van der Waals surface area contributed by atoms with Crippen LogP contribution < -0.4 is 0 Å². The van der Waals surface area contributed by atoms with Crippen LogP contribution >= 0.6 is 22.9 Å². The Hall–Kier alpha value is -0.860. The van der Waals surface area contributed by atoms with Crippen molar-refractivity contribution in [2.75, 3.05) is 0 Å². The average molecular weight is 210 g/mol. The molecule has 66 valence electrons. The van der Waals surface area contributed by atoms with Crippen LogP contribution in [0.15, 0.2) is 29.8 Å². The molecule has 13 heavy (non-hydrogen) atoms. The summed E-state index contributed by atoms with van der Waals surface area (Å²) in [6.45, 7) is 2.00. The monoisotopic (exact) mass is 209 g/mol. The summed E-state index contributed by atoms with van der Waals surface area (Å²) in [6.07, 6.45) is 0. The summed E-state index contributed by atoms with van der Waals surface area (Å²) in [5, 5.41) is 0.787. The summed E-state index contributed by atoms with van der Waals surface area (Å²) in [5.74, 6) is 0. The van der Waals surface area contributed by atoms with Gasteiger partial charge in [-0.05, 0) is 13.0 Å². The molecule has 0 atom stereocenters. The minimum atomic E-state index is 0.787. The molecule has 0 aliphatic carbocycles. The van der Waals surface area contributed by atoms with Crippen molar-refractivity contribution in [1.29, 1.82) is 0 Å². The molecule has 2 aromatic rings. The number of hydrogen-bond donors (Lipinski definition) is 0.